The van der Waals surface area contributed by atoms with Gasteiger partial charge in [0.1, 0.15) is 5.69 Å². The summed E-state index contributed by atoms with van der Waals surface area (Å²) in [6, 6.07) is -0.0150. The van der Waals surface area contributed by atoms with Crippen molar-refractivity contribution in [2.24, 2.45) is 5.92 Å². The molecule has 4 rings (SSSR count). The van der Waals surface area contributed by atoms with Gasteiger partial charge in [0.25, 0.3) is 5.91 Å². The summed E-state index contributed by atoms with van der Waals surface area (Å²) in [4.78, 5) is 43.5. The molecule has 2 bridgehead atoms. The summed E-state index contributed by atoms with van der Waals surface area (Å²) in [5.41, 5.74) is 1.43. The van der Waals surface area contributed by atoms with E-state index < -0.39 is 5.97 Å². The first-order valence-corrected chi connectivity index (χ1v) is 8.86. The Morgan fingerprint density at radius 1 is 1.27 bits per heavy atom. The van der Waals surface area contributed by atoms with Crippen LogP contribution in [0.1, 0.15) is 44.9 Å². The first-order chi connectivity index (χ1) is 12.3. The zero-order chi connectivity index (χ0) is 19.0. The number of H-pyrrole nitrogens is 1. The molecule has 2 amide bonds. The second-order valence-corrected chi connectivity index (χ2v) is 7.09. The molecule has 3 aliphatic rings. The largest absolute Gasteiger partial charge is 0.477 e. The molecule has 2 atom stereocenters. The number of aryl methyl sites for hydroxylation is 1. The molecular formula is C18H25N3O5. The summed E-state index contributed by atoms with van der Waals surface area (Å²) in [5.74, 6) is -1.40. The molecule has 3 aliphatic heterocycles. The lowest BCUT2D eigenvalue weighted by atomic mass is 9.94. The monoisotopic (exact) mass is 363 g/mol. The highest BCUT2D eigenvalue weighted by atomic mass is 16.5. The van der Waals surface area contributed by atoms with E-state index >= 15 is 0 Å². The third kappa shape index (κ3) is 3.09. The van der Waals surface area contributed by atoms with Gasteiger partial charge < -0.3 is 24.6 Å². The standard InChI is InChI=1S/C18H25N3O5/c1-10-14(11(2)19-15(10)18(24)25)17(23)20-8-12-4-5-13(9-20)21(16(12)22)6-7-26-3/h12-13,19H,4-9H2,1-3H3,(H,24,25)/t12-,13+/m0/s1. The number of carbonyl (C=O) groups excluding carboxylic acids is 2. The minimum absolute atomic E-state index is 0.0150. The molecule has 3 saturated heterocycles. The average Bonchev–Trinajstić information content (AvgIpc) is 2.75. The predicted molar refractivity (Wildman–Crippen MR) is 93.2 cm³/mol. The fourth-order valence-corrected chi connectivity index (χ4v) is 4.13. The number of carboxylic acids is 1. The summed E-state index contributed by atoms with van der Waals surface area (Å²) in [7, 11) is 1.61. The van der Waals surface area contributed by atoms with Crippen molar-refractivity contribution in [2.75, 3.05) is 33.4 Å². The van der Waals surface area contributed by atoms with Crippen molar-refractivity contribution >= 4 is 17.8 Å². The average molecular weight is 363 g/mol. The number of carbonyl (C=O) groups is 3. The lowest BCUT2D eigenvalue weighted by molar-refractivity contribution is -0.140. The lowest BCUT2D eigenvalue weighted by Gasteiger charge is -2.35. The van der Waals surface area contributed by atoms with E-state index in [1.165, 1.54) is 0 Å². The van der Waals surface area contributed by atoms with E-state index in [0.29, 0.717) is 43.1 Å². The Kier molecular flexibility index (Phi) is 5.04. The molecular weight excluding hydrogens is 338 g/mol. The van der Waals surface area contributed by atoms with Gasteiger partial charge in [0.2, 0.25) is 5.91 Å². The molecule has 8 nitrogen and oxygen atoms in total. The Balaban J connectivity index is 1.86. The molecule has 26 heavy (non-hydrogen) atoms. The highest BCUT2D eigenvalue weighted by Gasteiger charge is 2.42. The van der Waals surface area contributed by atoms with Gasteiger partial charge in [0.15, 0.2) is 0 Å². The van der Waals surface area contributed by atoms with Crippen LogP contribution in [0.2, 0.25) is 0 Å². The smallest absolute Gasteiger partial charge is 0.352 e. The molecule has 3 fully saturated rings. The number of hydrogen-bond acceptors (Lipinski definition) is 4. The van der Waals surface area contributed by atoms with Crippen LogP contribution in [0, 0.1) is 19.8 Å². The van der Waals surface area contributed by atoms with Gasteiger partial charge in [-0.25, -0.2) is 4.79 Å². The van der Waals surface area contributed by atoms with Crippen LogP contribution in [0.4, 0.5) is 0 Å². The minimum atomic E-state index is -1.08. The van der Waals surface area contributed by atoms with Crippen molar-refractivity contribution in [3.63, 3.8) is 0 Å². The Morgan fingerprint density at radius 3 is 2.62 bits per heavy atom. The first-order valence-electron chi connectivity index (χ1n) is 8.86. The summed E-state index contributed by atoms with van der Waals surface area (Å²) in [6.07, 6.45) is 1.65. The summed E-state index contributed by atoms with van der Waals surface area (Å²) in [6.45, 7) is 5.20. The number of rotatable bonds is 5. The SMILES string of the molecule is COCCN1C(=O)[C@H]2CC[C@@H]1CN(C(=O)c1c(C)[nH]c(C(=O)O)c1C)C2. The van der Waals surface area contributed by atoms with Crippen LogP contribution in [-0.2, 0) is 9.53 Å². The Labute approximate surface area is 152 Å². The molecule has 4 heterocycles. The zero-order valence-electron chi connectivity index (χ0n) is 15.4. The van der Waals surface area contributed by atoms with E-state index in [-0.39, 0.29) is 29.5 Å². The van der Waals surface area contributed by atoms with E-state index in [0.717, 1.165) is 12.8 Å². The molecule has 0 radical (unpaired) electrons. The lowest BCUT2D eigenvalue weighted by Crippen LogP contribution is -2.49. The molecule has 0 aliphatic carbocycles. The zero-order valence-corrected chi connectivity index (χ0v) is 15.4. The van der Waals surface area contributed by atoms with Gasteiger partial charge in [-0.1, -0.05) is 0 Å². The van der Waals surface area contributed by atoms with E-state index in [1.807, 2.05) is 4.90 Å². The molecule has 0 unspecified atom stereocenters. The number of aromatic carboxylic acids is 1. The van der Waals surface area contributed by atoms with Crippen molar-refractivity contribution in [3.05, 3.63) is 22.5 Å². The number of hydrogen-bond donors (Lipinski definition) is 2. The number of ether oxygens (including phenoxy) is 1. The van der Waals surface area contributed by atoms with Crippen molar-refractivity contribution in [1.29, 1.82) is 0 Å². The number of amides is 2. The van der Waals surface area contributed by atoms with Gasteiger partial charge in [-0.15, -0.1) is 0 Å². The van der Waals surface area contributed by atoms with Crippen LogP contribution in [0.5, 0.6) is 0 Å². The number of aromatic nitrogens is 1. The molecule has 2 N–H and O–H groups in total. The quantitative estimate of drug-likeness (QED) is 0.814. The third-order valence-corrected chi connectivity index (χ3v) is 5.48. The number of fused-ring (bicyclic) bond motifs is 4. The van der Waals surface area contributed by atoms with Gasteiger partial charge in [0.05, 0.1) is 18.1 Å². The molecule has 8 heteroatoms. The Morgan fingerprint density at radius 2 is 2.00 bits per heavy atom. The number of nitrogens with zero attached hydrogens (tertiary/aromatic N) is 2. The van der Waals surface area contributed by atoms with Crippen molar-refractivity contribution < 1.29 is 24.2 Å². The van der Waals surface area contributed by atoms with Crippen LogP contribution in [-0.4, -0.2) is 77.1 Å². The highest BCUT2D eigenvalue weighted by Crippen LogP contribution is 2.31. The number of piperidine rings is 1. The van der Waals surface area contributed by atoms with Crippen molar-refractivity contribution in [3.8, 4) is 0 Å². The second kappa shape index (κ2) is 7.11. The van der Waals surface area contributed by atoms with Gasteiger partial charge in [-0.3, -0.25) is 9.59 Å². The molecule has 1 aromatic rings. The van der Waals surface area contributed by atoms with Gasteiger partial charge in [-0.2, -0.15) is 0 Å². The fraction of sp³-hybridized carbons (Fsp3) is 0.611. The van der Waals surface area contributed by atoms with Crippen molar-refractivity contribution in [2.45, 2.75) is 32.7 Å². The number of nitrogens with one attached hydrogen (secondary N) is 1. The fourth-order valence-electron chi connectivity index (χ4n) is 4.13. The predicted octanol–water partition coefficient (Wildman–Crippen LogP) is 1.04. The maximum Gasteiger partial charge on any atom is 0.352 e. The topological polar surface area (TPSA) is 103 Å². The van der Waals surface area contributed by atoms with Gasteiger partial charge in [-0.05, 0) is 32.3 Å². The number of methoxy groups -OCH3 is 1. The van der Waals surface area contributed by atoms with Crippen LogP contribution >= 0.6 is 0 Å². The van der Waals surface area contributed by atoms with Crippen LogP contribution in [0.15, 0.2) is 0 Å². The molecule has 0 spiro atoms. The number of carboxylic acid groups (broad SMARTS) is 1. The Bertz CT molecular complexity index is 741. The summed E-state index contributed by atoms with van der Waals surface area (Å²) >= 11 is 0. The van der Waals surface area contributed by atoms with Gasteiger partial charge in [0, 0.05) is 38.5 Å². The third-order valence-electron chi connectivity index (χ3n) is 5.48. The Hall–Kier alpha value is -2.35. The number of aromatic amines is 1. The van der Waals surface area contributed by atoms with E-state index in [4.69, 9.17) is 4.74 Å². The highest BCUT2D eigenvalue weighted by molar-refractivity contribution is 6.01. The normalized spacial score (nSPS) is 22.7. The molecule has 142 valence electrons. The first kappa shape index (κ1) is 18.4. The van der Waals surface area contributed by atoms with Crippen LogP contribution in [0.3, 0.4) is 0 Å². The van der Waals surface area contributed by atoms with E-state index in [1.54, 1.807) is 25.9 Å². The second-order valence-electron chi connectivity index (χ2n) is 7.09. The van der Waals surface area contributed by atoms with E-state index in [2.05, 4.69) is 4.98 Å². The molecule has 0 saturated carbocycles. The van der Waals surface area contributed by atoms with E-state index in [9.17, 15) is 19.5 Å². The summed E-state index contributed by atoms with van der Waals surface area (Å²) < 4.78 is 5.11. The van der Waals surface area contributed by atoms with Crippen LogP contribution < -0.4 is 0 Å². The summed E-state index contributed by atoms with van der Waals surface area (Å²) in [5, 5.41) is 9.27. The maximum atomic E-state index is 13.1. The van der Waals surface area contributed by atoms with Gasteiger partial charge >= 0.3 is 5.97 Å². The van der Waals surface area contributed by atoms with Crippen molar-refractivity contribution in [1.82, 2.24) is 14.8 Å². The maximum absolute atomic E-state index is 13.1. The minimum Gasteiger partial charge on any atom is -0.477 e. The molecule has 0 aromatic carbocycles. The van der Waals surface area contributed by atoms with Crippen LogP contribution in [0.25, 0.3) is 0 Å². The molecule has 1 aromatic heterocycles.